The van der Waals surface area contributed by atoms with Gasteiger partial charge < -0.3 is 20.7 Å². The minimum Gasteiger partial charge on any atom is -0.457 e. The first-order chi connectivity index (χ1) is 15.6. The molecular formula is C25H29N5O2. The van der Waals surface area contributed by atoms with E-state index in [0.717, 1.165) is 48.8 Å². The number of nitrogens with two attached hydrogens (primary N) is 1. The van der Waals surface area contributed by atoms with Crippen LogP contribution in [0.4, 0.5) is 5.82 Å². The molecule has 3 N–H and O–H groups in total. The maximum atomic E-state index is 12.5. The van der Waals surface area contributed by atoms with Crippen LogP contribution in [-0.2, 0) is 0 Å². The van der Waals surface area contributed by atoms with Gasteiger partial charge in [0.25, 0.3) is 5.91 Å². The van der Waals surface area contributed by atoms with E-state index < -0.39 is 5.91 Å². The van der Waals surface area contributed by atoms with Gasteiger partial charge in [0, 0.05) is 18.2 Å². The van der Waals surface area contributed by atoms with Crippen molar-refractivity contribution in [3.63, 3.8) is 0 Å². The largest absolute Gasteiger partial charge is 0.457 e. The van der Waals surface area contributed by atoms with E-state index in [1.807, 2.05) is 59.3 Å². The highest BCUT2D eigenvalue weighted by atomic mass is 16.5. The molecule has 1 saturated heterocycles. The Bertz CT molecular complexity index is 1090. The number of fused-ring (bicyclic) bond motifs is 1. The first-order valence-electron chi connectivity index (χ1n) is 11.3. The monoisotopic (exact) mass is 431 g/mol. The fraction of sp³-hybridized carbons (Fsp3) is 0.360. The Morgan fingerprint density at radius 3 is 2.50 bits per heavy atom. The van der Waals surface area contributed by atoms with E-state index >= 15 is 0 Å². The van der Waals surface area contributed by atoms with E-state index in [2.05, 4.69) is 17.3 Å². The number of likely N-dealkylation sites (N-methyl/N-ethyl adjacent to an activating group) is 1. The van der Waals surface area contributed by atoms with Crippen LogP contribution in [0.25, 0.3) is 11.3 Å². The van der Waals surface area contributed by atoms with Crippen molar-refractivity contribution in [1.29, 1.82) is 0 Å². The zero-order chi connectivity index (χ0) is 22.1. The van der Waals surface area contributed by atoms with Gasteiger partial charge in [0.1, 0.15) is 28.6 Å². The number of benzene rings is 2. The van der Waals surface area contributed by atoms with Crippen molar-refractivity contribution in [2.24, 2.45) is 5.73 Å². The summed E-state index contributed by atoms with van der Waals surface area (Å²) in [5.74, 6) is 1.78. The third kappa shape index (κ3) is 3.84. The van der Waals surface area contributed by atoms with Crippen LogP contribution in [0.15, 0.2) is 54.6 Å². The van der Waals surface area contributed by atoms with Crippen LogP contribution in [0.2, 0.25) is 0 Å². The van der Waals surface area contributed by atoms with Crippen LogP contribution in [0.5, 0.6) is 11.5 Å². The van der Waals surface area contributed by atoms with Crippen molar-refractivity contribution in [2.45, 2.75) is 37.8 Å². The molecule has 3 heterocycles. The summed E-state index contributed by atoms with van der Waals surface area (Å²) < 4.78 is 7.91. The molecule has 0 spiro atoms. The highest BCUT2D eigenvalue weighted by Crippen LogP contribution is 2.38. The van der Waals surface area contributed by atoms with Gasteiger partial charge in [-0.25, -0.2) is 4.68 Å². The van der Waals surface area contributed by atoms with E-state index in [1.54, 1.807) is 0 Å². The normalized spacial score (nSPS) is 20.9. The second kappa shape index (κ2) is 8.67. The molecule has 5 rings (SSSR count). The Balaban J connectivity index is 1.48. The zero-order valence-corrected chi connectivity index (χ0v) is 18.3. The molecule has 0 saturated carbocycles. The molecule has 1 fully saturated rings. The molecule has 1 amide bonds. The number of hydrogen-bond acceptors (Lipinski definition) is 5. The first kappa shape index (κ1) is 20.6. The molecule has 2 atom stereocenters. The van der Waals surface area contributed by atoms with Crippen LogP contribution < -0.4 is 15.8 Å². The average Bonchev–Trinajstić information content (AvgIpc) is 3.21. The summed E-state index contributed by atoms with van der Waals surface area (Å²) in [4.78, 5) is 14.9. The number of anilines is 1. The van der Waals surface area contributed by atoms with E-state index in [-0.39, 0.29) is 6.04 Å². The van der Waals surface area contributed by atoms with Gasteiger partial charge in [-0.3, -0.25) is 4.79 Å². The molecule has 0 radical (unpaired) electrons. The SMILES string of the molecule is CN1CCCCC1C1CCNc2c(C(N)=O)c(-c3ccc(Oc4ccccc4)cc3)nn21. The lowest BCUT2D eigenvalue weighted by Gasteiger charge is -2.40. The predicted octanol–water partition coefficient (Wildman–Crippen LogP) is 4.28. The highest BCUT2D eigenvalue weighted by molar-refractivity contribution is 6.03. The summed E-state index contributed by atoms with van der Waals surface area (Å²) in [6.45, 7) is 1.91. The number of aromatic nitrogens is 2. The zero-order valence-electron chi connectivity index (χ0n) is 18.3. The number of piperidine rings is 1. The molecule has 32 heavy (non-hydrogen) atoms. The number of ether oxygens (including phenoxy) is 1. The number of hydrogen-bond donors (Lipinski definition) is 2. The Morgan fingerprint density at radius 1 is 1.03 bits per heavy atom. The van der Waals surface area contributed by atoms with Crippen LogP contribution in [0.3, 0.4) is 0 Å². The summed E-state index contributed by atoms with van der Waals surface area (Å²) in [5, 5.41) is 8.32. The number of para-hydroxylation sites is 1. The molecule has 2 aliphatic heterocycles. The lowest BCUT2D eigenvalue weighted by Crippen LogP contribution is -2.45. The molecular weight excluding hydrogens is 402 g/mol. The second-order valence-corrected chi connectivity index (χ2v) is 8.65. The molecule has 7 heteroatoms. The Morgan fingerprint density at radius 2 is 1.78 bits per heavy atom. The molecule has 166 valence electrons. The van der Waals surface area contributed by atoms with Crippen LogP contribution in [0.1, 0.15) is 42.1 Å². The minimum absolute atomic E-state index is 0.226. The van der Waals surface area contributed by atoms with Crippen molar-refractivity contribution < 1.29 is 9.53 Å². The number of amides is 1. The quantitative estimate of drug-likeness (QED) is 0.630. The Kier molecular flexibility index (Phi) is 5.57. The third-order valence-corrected chi connectivity index (χ3v) is 6.58. The second-order valence-electron chi connectivity index (χ2n) is 8.65. The van der Waals surface area contributed by atoms with Crippen molar-refractivity contribution in [1.82, 2.24) is 14.7 Å². The van der Waals surface area contributed by atoms with Crippen molar-refractivity contribution in [2.75, 3.05) is 25.5 Å². The Hall–Kier alpha value is -3.32. The molecule has 0 bridgehead atoms. The maximum Gasteiger partial charge on any atom is 0.254 e. The first-order valence-corrected chi connectivity index (χ1v) is 11.3. The number of carbonyl (C=O) groups is 1. The number of likely N-dealkylation sites (tertiary alicyclic amines) is 1. The fourth-order valence-corrected chi connectivity index (χ4v) is 4.99. The average molecular weight is 432 g/mol. The van der Waals surface area contributed by atoms with Gasteiger partial charge in [-0.15, -0.1) is 0 Å². The molecule has 3 aromatic rings. The van der Waals surface area contributed by atoms with E-state index in [9.17, 15) is 4.79 Å². The van der Waals surface area contributed by atoms with Crippen molar-refractivity contribution in [3.05, 3.63) is 60.2 Å². The van der Waals surface area contributed by atoms with Gasteiger partial charge in [0.2, 0.25) is 0 Å². The molecule has 2 aromatic carbocycles. The summed E-state index contributed by atoms with van der Waals surface area (Å²) >= 11 is 0. The molecule has 7 nitrogen and oxygen atoms in total. The smallest absolute Gasteiger partial charge is 0.254 e. The van der Waals surface area contributed by atoms with Gasteiger partial charge >= 0.3 is 0 Å². The minimum atomic E-state index is -0.462. The fourth-order valence-electron chi connectivity index (χ4n) is 4.99. The standard InChI is InChI=1S/C25H29N5O2/c1-29-16-6-5-9-20(29)21-14-15-27-25-22(24(26)31)23(28-30(21)25)17-10-12-19(13-11-17)32-18-7-3-2-4-8-18/h2-4,7-8,10-13,20-21,27H,5-6,9,14-16H2,1H3,(H2,26,31). The number of rotatable bonds is 5. The van der Waals surface area contributed by atoms with Crippen molar-refractivity contribution >= 4 is 11.7 Å². The highest BCUT2D eigenvalue weighted by Gasteiger charge is 2.36. The molecule has 2 unspecified atom stereocenters. The molecule has 0 aliphatic carbocycles. The lowest BCUT2D eigenvalue weighted by atomic mass is 9.93. The van der Waals surface area contributed by atoms with Crippen LogP contribution in [-0.4, -0.2) is 46.8 Å². The van der Waals surface area contributed by atoms with Gasteiger partial charge in [-0.05, 0) is 69.3 Å². The summed E-state index contributed by atoms with van der Waals surface area (Å²) in [5.41, 5.74) is 7.77. The summed E-state index contributed by atoms with van der Waals surface area (Å²) in [6.07, 6.45) is 4.59. The predicted molar refractivity (Wildman–Crippen MR) is 125 cm³/mol. The van der Waals surface area contributed by atoms with E-state index in [4.69, 9.17) is 15.6 Å². The van der Waals surface area contributed by atoms with Crippen LogP contribution in [0, 0.1) is 0 Å². The van der Waals surface area contributed by atoms with Gasteiger partial charge in [0.15, 0.2) is 0 Å². The van der Waals surface area contributed by atoms with Gasteiger partial charge in [0.05, 0.1) is 6.04 Å². The van der Waals surface area contributed by atoms with Crippen molar-refractivity contribution in [3.8, 4) is 22.8 Å². The Labute approximate surface area is 188 Å². The van der Waals surface area contributed by atoms with Gasteiger partial charge in [-0.2, -0.15) is 5.10 Å². The molecule has 1 aromatic heterocycles. The lowest BCUT2D eigenvalue weighted by molar-refractivity contribution is 0.1000. The summed E-state index contributed by atoms with van der Waals surface area (Å²) in [7, 11) is 2.19. The number of nitrogens with zero attached hydrogens (tertiary/aromatic N) is 3. The van der Waals surface area contributed by atoms with E-state index in [0.29, 0.717) is 17.3 Å². The number of nitrogens with one attached hydrogen (secondary N) is 1. The topological polar surface area (TPSA) is 85.4 Å². The number of primary amides is 1. The number of carbonyl (C=O) groups excluding carboxylic acids is 1. The molecule has 2 aliphatic rings. The van der Waals surface area contributed by atoms with E-state index in [1.165, 1.54) is 12.8 Å². The van der Waals surface area contributed by atoms with Gasteiger partial charge in [-0.1, -0.05) is 24.6 Å². The maximum absolute atomic E-state index is 12.5. The third-order valence-electron chi connectivity index (χ3n) is 6.58. The van der Waals surface area contributed by atoms with Crippen LogP contribution >= 0.6 is 0 Å². The summed E-state index contributed by atoms with van der Waals surface area (Å²) in [6, 6.07) is 17.9.